The third-order valence-corrected chi connectivity index (χ3v) is 5.90. The molecule has 132 valence electrons. The van der Waals surface area contributed by atoms with Gasteiger partial charge in [-0.2, -0.15) is 0 Å². The van der Waals surface area contributed by atoms with E-state index < -0.39 is 10.0 Å². The van der Waals surface area contributed by atoms with Crippen LogP contribution in [0.2, 0.25) is 0 Å². The number of amides is 1. The summed E-state index contributed by atoms with van der Waals surface area (Å²) in [6.45, 7) is 4.71. The van der Waals surface area contributed by atoms with Gasteiger partial charge in [0.1, 0.15) is 0 Å². The molecule has 1 heterocycles. The Kier molecular flexibility index (Phi) is 4.92. The van der Waals surface area contributed by atoms with Crippen LogP contribution in [-0.2, 0) is 16.4 Å². The molecule has 25 heavy (non-hydrogen) atoms. The van der Waals surface area contributed by atoms with Crippen molar-refractivity contribution in [3.8, 4) is 0 Å². The van der Waals surface area contributed by atoms with Gasteiger partial charge in [0.05, 0.1) is 4.90 Å². The monoisotopic (exact) mass is 358 g/mol. The van der Waals surface area contributed by atoms with Crippen LogP contribution < -0.4 is 9.62 Å². The Hall–Kier alpha value is -2.18. The SMILES string of the molecule is CCNS(=O)(=O)c1ccc2c(c1)CCCN2C(=O)c1ccc(C)cc1. The fourth-order valence-electron chi connectivity index (χ4n) is 3.08. The van der Waals surface area contributed by atoms with Crippen molar-refractivity contribution in [2.45, 2.75) is 31.6 Å². The number of carbonyl (C=O) groups is 1. The lowest BCUT2D eigenvalue weighted by Gasteiger charge is -2.30. The molecule has 0 fully saturated rings. The van der Waals surface area contributed by atoms with Crippen LogP contribution in [0.5, 0.6) is 0 Å². The molecule has 6 heteroatoms. The zero-order chi connectivity index (χ0) is 18.0. The van der Waals surface area contributed by atoms with Crippen LogP contribution in [0.4, 0.5) is 5.69 Å². The van der Waals surface area contributed by atoms with E-state index >= 15 is 0 Å². The first-order valence-electron chi connectivity index (χ1n) is 8.43. The number of carbonyl (C=O) groups excluding carboxylic acids is 1. The first-order chi connectivity index (χ1) is 11.9. The van der Waals surface area contributed by atoms with Gasteiger partial charge < -0.3 is 4.90 Å². The van der Waals surface area contributed by atoms with Gasteiger partial charge in [-0.1, -0.05) is 24.6 Å². The molecular formula is C19H22N2O3S. The molecule has 0 saturated heterocycles. The second-order valence-electron chi connectivity index (χ2n) is 6.22. The summed E-state index contributed by atoms with van der Waals surface area (Å²) in [5.41, 5.74) is 3.44. The Morgan fingerprint density at radius 2 is 1.88 bits per heavy atom. The Labute approximate surface area is 148 Å². The Bertz CT molecular complexity index is 889. The number of fused-ring (bicyclic) bond motifs is 1. The summed E-state index contributed by atoms with van der Waals surface area (Å²) in [4.78, 5) is 14.8. The van der Waals surface area contributed by atoms with E-state index in [0.717, 1.165) is 29.7 Å². The summed E-state index contributed by atoms with van der Waals surface area (Å²) in [5, 5.41) is 0. The molecule has 3 rings (SSSR count). The Morgan fingerprint density at radius 3 is 2.56 bits per heavy atom. The van der Waals surface area contributed by atoms with Gasteiger partial charge in [0.15, 0.2) is 0 Å². The molecule has 1 amide bonds. The Morgan fingerprint density at radius 1 is 1.16 bits per heavy atom. The quantitative estimate of drug-likeness (QED) is 0.914. The largest absolute Gasteiger partial charge is 0.308 e. The molecule has 2 aromatic carbocycles. The van der Waals surface area contributed by atoms with E-state index in [1.165, 1.54) is 0 Å². The van der Waals surface area contributed by atoms with Crippen molar-refractivity contribution in [3.05, 3.63) is 59.2 Å². The maximum absolute atomic E-state index is 12.9. The van der Waals surface area contributed by atoms with Crippen LogP contribution in [0.25, 0.3) is 0 Å². The summed E-state index contributed by atoms with van der Waals surface area (Å²) in [6, 6.07) is 12.5. The first-order valence-corrected chi connectivity index (χ1v) is 9.92. The highest BCUT2D eigenvalue weighted by Crippen LogP contribution is 2.30. The van der Waals surface area contributed by atoms with Crippen LogP contribution in [0.15, 0.2) is 47.4 Å². The molecular weight excluding hydrogens is 336 g/mol. The molecule has 0 spiro atoms. The lowest BCUT2D eigenvalue weighted by atomic mass is 10.0. The zero-order valence-electron chi connectivity index (χ0n) is 14.5. The van der Waals surface area contributed by atoms with Gasteiger partial charge >= 0.3 is 0 Å². The van der Waals surface area contributed by atoms with Crippen molar-refractivity contribution in [1.29, 1.82) is 0 Å². The van der Waals surface area contributed by atoms with Crippen molar-refractivity contribution >= 4 is 21.6 Å². The van der Waals surface area contributed by atoms with Gasteiger partial charge in [0, 0.05) is 24.3 Å². The standard InChI is InChI=1S/C19H22N2O3S/c1-3-20-25(23,24)17-10-11-18-16(13-17)5-4-12-21(18)19(22)15-8-6-14(2)7-9-15/h6-11,13,20H,3-5,12H2,1-2H3. The molecule has 0 radical (unpaired) electrons. The van der Waals surface area contributed by atoms with Crippen LogP contribution in [-0.4, -0.2) is 27.4 Å². The van der Waals surface area contributed by atoms with Crippen molar-refractivity contribution < 1.29 is 13.2 Å². The highest BCUT2D eigenvalue weighted by Gasteiger charge is 2.25. The van der Waals surface area contributed by atoms with Gasteiger partial charge in [-0.15, -0.1) is 0 Å². The number of nitrogens with one attached hydrogen (secondary N) is 1. The lowest BCUT2D eigenvalue weighted by Crippen LogP contribution is -2.35. The highest BCUT2D eigenvalue weighted by atomic mass is 32.2. The normalized spacial score (nSPS) is 14.2. The molecule has 0 aromatic heterocycles. The highest BCUT2D eigenvalue weighted by molar-refractivity contribution is 7.89. The van der Waals surface area contributed by atoms with Crippen molar-refractivity contribution in [3.63, 3.8) is 0 Å². The molecule has 0 unspecified atom stereocenters. The average molecular weight is 358 g/mol. The molecule has 0 saturated carbocycles. The van der Waals surface area contributed by atoms with E-state index in [2.05, 4.69) is 4.72 Å². The summed E-state index contributed by atoms with van der Waals surface area (Å²) in [5.74, 6) is -0.0526. The van der Waals surface area contributed by atoms with E-state index in [-0.39, 0.29) is 10.8 Å². The maximum Gasteiger partial charge on any atom is 0.258 e. The van der Waals surface area contributed by atoms with E-state index in [1.54, 1.807) is 30.0 Å². The number of rotatable bonds is 4. The third-order valence-electron chi connectivity index (χ3n) is 4.36. The molecule has 0 bridgehead atoms. The molecule has 0 aliphatic carbocycles. The smallest absolute Gasteiger partial charge is 0.258 e. The first kappa shape index (κ1) is 17.6. The maximum atomic E-state index is 12.9. The minimum Gasteiger partial charge on any atom is -0.308 e. The van der Waals surface area contributed by atoms with Crippen LogP contribution in [0.3, 0.4) is 0 Å². The number of hydrogen-bond acceptors (Lipinski definition) is 3. The van der Waals surface area contributed by atoms with E-state index in [0.29, 0.717) is 18.7 Å². The van der Waals surface area contributed by atoms with Gasteiger partial charge in [-0.3, -0.25) is 4.79 Å². The minimum absolute atomic E-state index is 0.0526. The fourth-order valence-corrected chi connectivity index (χ4v) is 4.17. The van der Waals surface area contributed by atoms with Crippen LogP contribution in [0.1, 0.15) is 34.8 Å². The van der Waals surface area contributed by atoms with Gasteiger partial charge in [0.25, 0.3) is 5.91 Å². The number of sulfonamides is 1. The van der Waals surface area contributed by atoms with Gasteiger partial charge in [-0.25, -0.2) is 13.1 Å². The summed E-state index contributed by atoms with van der Waals surface area (Å²) in [7, 11) is -3.49. The topological polar surface area (TPSA) is 66.5 Å². The second kappa shape index (κ2) is 6.98. The van der Waals surface area contributed by atoms with Crippen molar-refractivity contribution in [2.75, 3.05) is 18.0 Å². The van der Waals surface area contributed by atoms with E-state index in [1.807, 2.05) is 31.2 Å². The molecule has 1 N–H and O–H groups in total. The summed E-state index contributed by atoms with van der Waals surface area (Å²) < 4.78 is 26.9. The summed E-state index contributed by atoms with van der Waals surface area (Å²) in [6.07, 6.45) is 1.58. The number of anilines is 1. The van der Waals surface area contributed by atoms with E-state index in [4.69, 9.17) is 0 Å². The van der Waals surface area contributed by atoms with Gasteiger partial charge in [-0.05, 0) is 55.7 Å². The molecule has 1 aliphatic heterocycles. The molecule has 0 atom stereocenters. The summed E-state index contributed by atoms with van der Waals surface area (Å²) >= 11 is 0. The number of nitrogens with zero attached hydrogens (tertiary/aromatic N) is 1. The predicted octanol–water partition coefficient (Wildman–Crippen LogP) is 2.89. The van der Waals surface area contributed by atoms with Crippen molar-refractivity contribution in [1.82, 2.24) is 4.72 Å². The Balaban J connectivity index is 1.95. The second-order valence-corrected chi connectivity index (χ2v) is 7.99. The molecule has 1 aliphatic rings. The van der Waals surface area contributed by atoms with Crippen LogP contribution >= 0.6 is 0 Å². The van der Waals surface area contributed by atoms with Crippen molar-refractivity contribution in [2.24, 2.45) is 0 Å². The number of aryl methyl sites for hydroxylation is 2. The number of benzene rings is 2. The minimum atomic E-state index is -3.49. The molecule has 2 aromatic rings. The average Bonchev–Trinajstić information content (AvgIpc) is 2.60. The molecule has 5 nitrogen and oxygen atoms in total. The lowest BCUT2D eigenvalue weighted by molar-refractivity contribution is 0.0985. The number of hydrogen-bond donors (Lipinski definition) is 1. The third kappa shape index (κ3) is 3.60. The van der Waals surface area contributed by atoms with Crippen LogP contribution in [0, 0.1) is 6.92 Å². The predicted molar refractivity (Wildman–Crippen MR) is 98.5 cm³/mol. The van der Waals surface area contributed by atoms with Gasteiger partial charge in [0.2, 0.25) is 10.0 Å². The fraction of sp³-hybridized carbons (Fsp3) is 0.316. The zero-order valence-corrected chi connectivity index (χ0v) is 15.3. The van der Waals surface area contributed by atoms with E-state index in [9.17, 15) is 13.2 Å².